The number of pyridine rings is 1. The lowest BCUT2D eigenvalue weighted by Crippen LogP contribution is -2.17. The second-order valence-corrected chi connectivity index (χ2v) is 4.76. The third kappa shape index (κ3) is 2.27. The van der Waals surface area contributed by atoms with Crippen LogP contribution in [0.4, 0.5) is 0 Å². The lowest BCUT2D eigenvalue weighted by atomic mass is 9.97. The number of fused-ring (bicyclic) bond motifs is 1. The van der Waals surface area contributed by atoms with Gasteiger partial charge in [0.25, 0.3) is 0 Å². The standard InChI is InChI=1S/C14H17N3O3/c1-2-19-14(18)9-7-15-13-12(16-8-17-13)11(9)10-5-3-4-6-20-10/h7-8,10H,2-6H2,1H3,(H,15,16,17). The Labute approximate surface area is 116 Å². The molecule has 1 atom stereocenters. The molecule has 1 fully saturated rings. The third-order valence-electron chi connectivity index (χ3n) is 3.49. The summed E-state index contributed by atoms with van der Waals surface area (Å²) in [6, 6.07) is 0. The maximum absolute atomic E-state index is 12.1. The van der Waals surface area contributed by atoms with Crippen LogP contribution < -0.4 is 0 Å². The summed E-state index contributed by atoms with van der Waals surface area (Å²) in [7, 11) is 0. The van der Waals surface area contributed by atoms with Gasteiger partial charge in [0, 0.05) is 18.4 Å². The molecule has 1 aliphatic rings. The first-order valence-electron chi connectivity index (χ1n) is 6.92. The van der Waals surface area contributed by atoms with Gasteiger partial charge in [0.05, 0.1) is 30.1 Å². The Morgan fingerprint density at radius 2 is 2.40 bits per heavy atom. The van der Waals surface area contributed by atoms with Gasteiger partial charge in [-0.05, 0) is 26.2 Å². The topological polar surface area (TPSA) is 77.1 Å². The van der Waals surface area contributed by atoms with Gasteiger partial charge in [-0.3, -0.25) is 0 Å². The molecule has 0 aliphatic carbocycles. The van der Waals surface area contributed by atoms with E-state index in [1.165, 1.54) is 6.20 Å². The van der Waals surface area contributed by atoms with Crippen LogP contribution >= 0.6 is 0 Å². The van der Waals surface area contributed by atoms with Gasteiger partial charge >= 0.3 is 5.97 Å². The highest BCUT2D eigenvalue weighted by Gasteiger charge is 2.26. The second-order valence-electron chi connectivity index (χ2n) is 4.76. The van der Waals surface area contributed by atoms with E-state index in [2.05, 4.69) is 15.0 Å². The number of imidazole rings is 1. The van der Waals surface area contributed by atoms with Crippen LogP contribution in [0, 0.1) is 0 Å². The number of hydrogen-bond acceptors (Lipinski definition) is 5. The Kier molecular flexibility index (Phi) is 3.64. The zero-order valence-electron chi connectivity index (χ0n) is 11.4. The van der Waals surface area contributed by atoms with Crippen LogP contribution in [0.1, 0.15) is 48.2 Å². The van der Waals surface area contributed by atoms with Crippen LogP contribution in [-0.4, -0.2) is 34.1 Å². The molecule has 1 unspecified atom stereocenters. The van der Waals surface area contributed by atoms with Gasteiger partial charge in [-0.2, -0.15) is 0 Å². The minimum atomic E-state index is -0.360. The smallest absolute Gasteiger partial charge is 0.340 e. The molecule has 0 aromatic carbocycles. The van der Waals surface area contributed by atoms with E-state index in [1.807, 2.05) is 0 Å². The van der Waals surface area contributed by atoms with E-state index in [0.29, 0.717) is 24.4 Å². The first kappa shape index (κ1) is 13.1. The molecule has 3 rings (SSSR count). The number of aromatic amines is 1. The van der Waals surface area contributed by atoms with Crippen molar-refractivity contribution in [2.24, 2.45) is 0 Å². The van der Waals surface area contributed by atoms with Crippen LogP contribution in [0.2, 0.25) is 0 Å². The van der Waals surface area contributed by atoms with Crippen molar-refractivity contribution >= 4 is 17.1 Å². The average Bonchev–Trinajstić information content (AvgIpc) is 2.95. The molecule has 20 heavy (non-hydrogen) atoms. The molecule has 106 valence electrons. The summed E-state index contributed by atoms with van der Waals surface area (Å²) in [5, 5.41) is 0. The zero-order valence-corrected chi connectivity index (χ0v) is 11.4. The van der Waals surface area contributed by atoms with E-state index in [-0.39, 0.29) is 12.1 Å². The minimum Gasteiger partial charge on any atom is -0.462 e. The van der Waals surface area contributed by atoms with Crippen LogP contribution in [0.5, 0.6) is 0 Å². The van der Waals surface area contributed by atoms with E-state index in [1.54, 1.807) is 13.3 Å². The molecule has 0 saturated carbocycles. The van der Waals surface area contributed by atoms with Crippen molar-refractivity contribution in [3.8, 4) is 0 Å². The number of ether oxygens (including phenoxy) is 2. The molecular weight excluding hydrogens is 258 g/mol. The highest BCUT2D eigenvalue weighted by Crippen LogP contribution is 2.33. The predicted molar refractivity (Wildman–Crippen MR) is 72.4 cm³/mol. The van der Waals surface area contributed by atoms with Crippen molar-refractivity contribution in [1.82, 2.24) is 15.0 Å². The monoisotopic (exact) mass is 275 g/mol. The highest BCUT2D eigenvalue weighted by atomic mass is 16.5. The number of esters is 1. The SMILES string of the molecule is CCOC(=O)c1cnc2nc[nH]c2c1C1CCCCO1. The Hall–Kier alpha value is -1.95. The molecule has 0 spiro atoms. The molecule has 3 heterocycles. The van der Waals surface area contributed by atoms with Gasteiger partial charge in [-0.15, -0.1) is 0 Å². The van der Waals surface area contributed by atoms with Gasteiger partial charge < -0.3 is 14.5 Å². The fourth-order valence-electron chi connectivity index (χ4n) is 2.59. The molecular formula is C14H17N3O3. The average molecular weight is 275 g/mol. The van der Waals surface area contributed by atoms with E-state index < -0.39 is 0 Å². The maximum Gasteiger partial charge on any atom is 0.340 e. The van der Waals surface area contributed by atoms with Crippen molar-refractivity contribution in [2.75, 3.05) is 13.2 Å². The van der Waals surface area contributed by atoms with Crippen molar-refractivity contribution in [3.63, 3.8) is 0 Å². The number of aromatic nitrogens is 3. The van der Waals surface area contributed by atoms with Gasteiger partial charge in [-0.1, -0.05) is 0 Å². The fourth-order valence-corrected chi connectivity index (χ4v) is 2.59. The molecule has 1 saturated heterocycles. The number of nitrogens with one attached hydrogen (secondary N) is 1. The molecule has 2 aromatic rings. The summed E-state index contributed by atoms with van der Waals surface area (Å²) >= 11 is 0. The summed E-state index contributed by atoms with van der Waals surface area (Å²) in [5.41, 5.74) is 2.66. The first-order chi connectivity index (χ1) is 9.81. The van der Waals surface area contributed by atoms with Gasteiger partial charge in [-0.25, -0.2) is 14.8 Å². The largest absolute Gasteiger partial charge is 0.462 e. The second kappa shape index (κ2) is 5.58. The third-order valence-corrected chi connectivity index (χ3v) is 3.49. The van der Waals surface area contributed by atoms with Gasteiger partial charge in [0.15, 0.2) is 5.65 Å². The summed E-state index contributed by atoms with van der Waals surface area (Å²) < 4.78 is 10.9. The maximum atomic E-state index is 12.1. The Bertz CT molecular complexity index is 617. The summed E-state index contributed by atoms with van der Waals surface area (Å²) in [5.74, 6) is -0.360. The number of H-pyrrole nitrogens is 1. The molecule has 1 aliphatic heterocycles. The van der Waals surface area contributed by atoms with Gasteiger partial charge in [0.1, 0.15) is 0 Å². The van der Waals surface area contributed by atoms with Crippen molar-refractivity contribution < 1.29 is 14.3 Å². The Balaban J connectivity index is 2.10. The zero-order chi connectivity index (χ0) is 13.9. The van der Waals surface area contributed by atoms with Crippen LogP contribution in [0.15, 0.2) is 12.5 Å². The van der Waals surface area contributed by atoms with Crippen molar-refractivity contribution in [3.05, 3.63) is 23.7 Å². The van der Waals surface area contributed by atoms with Crippen molar-refractivity contribution in [2.45, 2.75) is 32.3 Å². The van der Waals surface area contributed by atoms with E-state index in [0.717, 1.165) is 30.3 Å². The van der Waals surface area contributed by atoms with E-state index >= 15 is 0 Å². The predicted octanol–water partition coefficient (Wildman–Crippen LogP) is 2.38. The number of rotatable bonds is 3. The molecule has 1 N–H and O–H groups in total. The van der Waals surface area contributed by atoms with Crippen LogP contribution in [-0.2, 0) is 9.47 Å². The van der Waals surface area contributed by atoms with Crippen LogP contribution in [0.25, 0.3) is 11.2 Å². The molecule has 6 heteroatoms. The highest BCUT2D eigenvalue weighted by molar-refractivity contribution is 5.95. The lowest BCUT2D eigenvalue weighted by Gasteiger charge is -2.24. The normalized spacial score (nSPS) is 19.1. The van der Waals surface area contributed by atoms with Crippen molar-refractivity contribution in [1.29, 1.82) is 0 Å². The summed E-state index contributed by atoms with van der Waals surface area (Å²) in [4.78, 5) is 23.5. The summed E-state index contributed by atoms with van der Waals surface area (Å²) in [6.07, 6.45) is 6.06. The van der Waals surface area contributed by atoms with Gasteiger partial charge in [0.2, 0.25) is 0 Å². The number of carbonyl (C=O) groups excluding carboxylic acids is 1. The fraction of sp³-hybridized carbons (Fsp3) is 0.500. The number of hydrogen-bond donors (Lipinski definition) is 1. The Morgan fingerprint density at radius 1 is 1.50 bits per heavy atom. The molecule has 6 nitrogen and oxygen atoms in total. The van der Waals surface area contributed by atoms with Crippen LogP contribution in [0.3, 0.4) is 0 Å². The minimum absolute atomic E-state index is 0.103. The molecule has 0 radical (unpaired) electrons. The number of nitrogens with zero attached hydrogens (tertiary/aromatic N) is 2. The lowest BCUT2D eigenvalue weighted by molar-refractivity contribution is 0.0141. The number of carbonyl (C=O) groups is 1. The van der Waals surface area contributed by atoms with E-state index in [4.69, 9.17) is 9.47 Å². The molecule has 2 aromatic heterocycles. The first-order valence-corrected chi connectivity index (χ1v) is 6.92. The molecule has 0 amide bonds. The quantitative estimate of drug-likeness (QED) is 0.870. The molecule has 0 bridgehead atoms. The summed E-state index contributed by atoms with van der Waals surface area (Å²) in [6.45, 7) is 2.84. The Morgan fingerprint density at radius 3 is 3.15 bits per heavy atom. The van der Waals surface area contributed by atoms with E-state index in [9.17, 15) is 4.79 Å².